The van der Waals surface area contributed by atoms with E-state index in [2.05, 4.69) is 35.0 Å². The predicted molar refractivity (Wildman–Crippen MR) is 151 cm³/mol. The van der Waals surface area contributed by atoms with Crippen molar-refractivity contribution in [2.75, 3.05) is 20.2 Å². The SMILES string of the molecule is CCC.CO/N=C(/CNC(=O)NC(C(=O)N1CCCC1C(=O)NC(CC1CC1)C(=O)C(N)=O)C(C)(C)C)C1CC1. The highest BCUT2D eigenvalue weighted by Crippen LogP contribution is 2.34. The van der Waals surface area contributed by atoms with Crippen LogP contribution in [0.4, 0.5) is 4.79 Å². The van der Waals surface area contributed by atoms with Crippen molar-refractivity contribution in [1.82, 2.24) is 20.9 Å². The van der Waals surface area contributed by atoms with Gasteiger partial charge in [0.15, 0.2) is 0 Å². The van der Waals surface area contributed by atoms with Crippen molar-refractivity contribution in [3.05, 3.63) is 0 Å². The third kappa shape index (κ3) is 10.1. The lowest BCUT2D eigenvalue weighted by Gasteiger charge is -2.35. The zero-order valence-corrected chi connectivity index (χ0v) is 24.9. The number of nitrogens with one attached hydrogen (secondary N) is 3. The number of likely N-dealkylation sites (tertiary alicyclic amines) is 1. The second-order valence-corrected chi connectivity index (χ2v) is 12.0. The Morgan fingerprint density at radius 3 is 2.15 bits per heavy atom. The van der Waals surface area contributed by atoms with Gasteiger partial charge in [0.2, 0.25) is 17.6 Å². The first-order valence-electron chi connectivity index (χ1n) is 14.4. The first-order valence-corrected chi connectivity index (χ1v) is 14.4. The van der Waals surface area contributed by atoms with Crippen molar-refractivity contribution in [1.29, 1.82) is 0 Å². The molecule has 0 aromatic rings. The topological polar surface area (TPSA) is 172 Å². The number of nitrogens with zero attached hydrogens (tertiary/aromatic N) is 2. The molecule has 0 bridgehead atoms. The van der Waals surface area contributed by atoms with Crippen molar-refractivity contribution in [3.8, 4) is 0 Å². The van der Waals surface area contributed by atoms with Crippen molar-refractivity contribution in [2.24, 2.45) is 28.1 Å². The summed E-state index contributed by atoms with van der Waals surface area (Å²) in [6.07, 6.45) is 6.50. The number of carbonyl (C=O) groups excluding carboxylic acids is 5. The van der Waals surface area contributed by atoms with E-state index in [9.17, 15) is 24.0 Å². The largest absolute Gasteiger partial charge is 0.399 e. The van der Waals surface area contributed by atoms with E-state index in [4.69, 9.17) is 10.6 Å². The highest BCUT2D eigenvalue weighted by Gasteiger charge is 2.43. The van der Waals surface area contributed by atoms with E-state index < -0.39 is 47.2 Å². The summed E-state index contributed by atoms with van der Waals surface area (Å²) < 4.78 is 0. The highest BCUT2D eigenvalue weighted by atomic mass is 16.6. The van der Waals surface area contributed by atoms with Crippen LogP contribution in [-0.2, 0) is 24.0 Å². The standard InChI is InChI=1S/C25H40N6O6.C3H8/c1-25(2,3)20(29-24(36)27-13-17(30-37-4)15-9-10-15)23(35)31-11-5-6-18(31)22(34)28-16(12-14-7-8-14)19(32)21(26)33;1-3-2/h14-16,18,20H,5-13H2,1-4H3,(H2,26,33)(H,28,34)(H2,27,29,36);3H2,1-2H3/b30-17-;. The monoisotopic (exact) mass is 564 g/mol. The molecule has 2 saturated carbocycles. The summed E-state index contributed by atoms with van der Waals surface area (Å²) in [5, 5.41) is 12.2. The molecular weight excluding hydrogens is 516 g/mol. The molecule has 0 aromatic carbocycles. The van der Waals surface area contributed by atoms with Crippen LogP contribution in [0.25, 0.3) is 0 Å². The minimum Gasteiger partial charge on any atom is -0.399 e. The number of rotatable bonds is 12. The minimum absolute atomic E-state index is 0.209. The maximum absolute atomic E-state index is 13.6. The van der Waals surface area contributed by atoms with Crippen LogP contribution >= 0.6 is 0 Å². The highest BCUT2D eigenvalue weighted by molar-refractivity contribution is 6.37. The number of hydrogen-bond acceptors (Lipinski definition) is 7. The third-order valence-electron chi connectivity index (χ3n) is 7.06. The van der Waals surface area contributed by atoms with Crippen LogP contribution in [0, 0.1) is 17.3 Å². The number of primary amides is 1. The molecule has 0 radical (unpaired) electrons. The van der Waals surface area contributed by atoms with Gasteiger partial charge in [-0.2, -0.15) is 0 Å². The average molecular weight is 565 g/mol. The Morgan fingerprint density at radius 1 is 1.02 bits per heavy atom. The quantitative estimate of drug-likeness (QED) is 0.160. The number of ketones is 1. The van der Waals surface area contributed by atoms with Crippen LogP contribution in [-0.4, -0.2) is 78.5 Å². The molecule has 2 aliphatic carbocycles. The molecule has 1 saturated heterocycles. The summed E-state index contributed by atoms with van der Waals surface area (Å²) >= 11 is 0. The zero-order valence-electron chi connectivity index (χ0n) is 24.9. The predicted octanol–water partition coefficient (Wildman–Crippen LogP) is 1.86. The van der Waals surface area contributed by atoms with Gasteiger partial charge in [0, 0.05) is 12.5 Å². The van der Waals surface area contributed by atoms with Gasteiger partial charge in [-0.05, 0) is 43.4 Å². The fourth-order valence-corrected chi connectivity index (χ4v) is 4.61. The number of carbonyl (C=O) groups is 5. The van der Waals surface area contributed by atoms with Gasteiger partial charge in [0.05, 0.1) is 18.3 Å². The molecule has 226 valence electrons. The lowest BCUT2D eigenvalue weighted by molar-refractivity contribution is -0.143. The lowest BCUT2D eigenvalue weighted by Crippen LogP contribution is -2.60. The van der Waals surface area contributed by atoms with E-state index in [1.807, 2.05) is 20.8 Å². The average Bonchev–Trinajstić information content (AvgIpc) is 3.82. The van der Waals surface area contributed by atoms with E-state index >= 15 is 0 Å². The van der Waals surface area contributed by atoms with Crippen molar-refractivity contribution in [3.63, 3.8) is 0 Å². The number of oxime groups is 1. The van der Waals surface area contributed by atoms with Crippen LogP contribution < -0.4 is 21.7 Å². The van der Waals surface area contributed by atoms with Crippen LogP contribution in [0.15, 0.2) is 5.16 Å². The van der Waals surface area contributed by atoms with Gasteiger partial charge < -0.3 is 31.4 Å². The Balaban J connectivity index is 0.00000178. The molecule has 5 amide bonds. The summed E-state index contributed by atoms with van der Waals surface area (Å²) in [5.74, 6) is -2.22. The molecule has 5 N–H and O–H groups in total. The molecule has 3 rings (SSSR count). The third-order valence-corrected chi connectivity index (χ3v) is 7.06. The fourth-order valence-electron chi connectivity index (χ4n) is 4.61. The maximum Gasteiger partial charge on any atom is 0.315 e. The molecule has 12 heteroatoms. The van der Waals surface area contributed by atoms with E-state index in [0.29, 0.717) is 31.7 Å². The molecule has 3 aliphatic rings. The number of Topliss-reactive ketones (excluding diaryl/α,β-unsaturated/α-hetero) is 1. The van der Waals surface area contributed by atoms with Crippen molar-refractivity contribution >= 4 is 35.2 Å². The first kappa shape index (κ1) is 33.0. The zero-order chi connectivity index (χ0) is 30.0. The summed E-state index contributed by atoms with van der Waals surface area (Å²) in [7, 11) is 1.46. The van der Waals surface area contributed by atoms with Gasteiger partial charge in [0.25, 0.3) is 5.91 Å². The number of urea groups is 1. The van der Waals surface area contributed by atoms with E-state index in [1.54, 1.807) is 0 Å². The molecule has 3 unspecified atom stereocenters. The van der Waals surface area contributed by atoms with E-state index in [0.717, 1.165) is 31.4 Å². The van der Waals surface area contributed by atoms with Gasteiger partial charge in [-0.1, -0.05) is 59.0 Å². The number of hydrogen-bond donors (Lipinski definition) is 4. The normalized spacial score (nSPS) is 20.4. The van der Waals surface area contributed by atoms with Crippen molar-refractivity contribution < 1.29 is 28.8 Å². The lowest BCUT2D eigenvalue weighted by atomic mass is 9.85. The van der Waals surface area contributed by atoms with Crippen LogP contribution in [0.2, 0.25) is 0 Å². The van der Waals surface area contributed by atoms with Gasteiger partial charge in [-0.25, -0.2) is 4.79 Å². The Morgan fingerprint density at radius 2 is 1.65 bits per heavy atom. The molecule has 1 heterocycles. The van der Waals surface area contributed by atoms with Gasteiger partial charge in [0.1, 0.15) is 19.2 Å². The summed E-state index contributed by atoms with van der Waals surface area (Å²) in [5.41, 5.74) is 5.29. The van der Waals surface area contributed by atoms with Gasteiger partial charge in [-0.15, -0.1) is 0 Å². The number of amides is 5. The van der Waals surface area contributed by atoms with Crippen LogP contribution in [0.3, 0.4) is 0 Å². The minimum atomic E-state index is -1.09. The Hall–Kier alpha value is -3.18. The van der Waals surface area contributed by atoms with Crippen LogP contribution in [0.1, 0.15) is 86.0 Å². The maximum atomic E-state index is 13.6. The molecule has 3 fully saturated rings. The molecule has 12 nitrogen and oxygen atoms in total. The molecule has 0 aromatic heterocycles. The summed E-state index contributed by atoms with van der Waals surface area (Å²) in [6, 6.07) is -3.22. The fraction of sp³-hybridized carbons (Fsp3) is 0.786. The Labute approximate surface area is 237 Å². The Kier molecular flexibility index (Phi) is 12.4. The second-order valence-electron chi connectivity index (χ2n) is 12.0. The summed E-state index contributed by atoms with van der Waals surface area (Å²) in [6.45, 7) is 10.3. The smallest absolute Gasteiger partial charge is 0.315 e. The van der Waals surface area contributed by atoms with Crippen LogP contribution in [0.5, 0.6) is 0 Å². The molecular formula is C28H48N6O6. The van der Waals surface area contributed by atoms with E-state index in [1.165, 1.54) is 18.4 Å². The van der Waals surface area contributed by atoms with Gasteiger partial charge >= 0.3 is 6.03 Å². The molecule has 0 spiro atoms. The van der Waals surface area contributed by atoms with E-state index in [-0.39, 0.29) is 18.4 Å². The first-order chi connectivity index (χ1) is 18.8. The number of nitrogens with two attached hydrogens (primary N) is 1. The van der Waals surface area contributed by atoms with Crippen molar-refractivity contribution in [2.45, 2.75) is 104 Å². The molecule has 40 heavy (non-hydrogen) atoms. The molecule has 3 atom stereocenters. The summed E-state index contributed by atoms with van der Waals surface area (Å²) in [4.78, 5) is 69.6. The Bertz CT molecular complexity index is 953. The van der Waals surface area contributed by atoms with Gasteiger partial charge in [-0.3, -0.25) is 19.2 Å². The second kappa shape index (κ2) is 15.0. The molecule has 1 aliphatic heterocycles.